The molecule has 0 aliphatic carbocycles. The number of carbonyl (C=O) groups excluding carboxylic acids is 2. The smallest absolute Gasteiger partial charge is 0.275 e. The first-order chi connectivity index (χ1) is 12.1. The highest BCUT2D eigenvalue weighted by atomic mass is 32.1. The normalized spacial score (nSPS) is 11.9. The molecular weight excluding hydrogens is 336 g/mol. The molecule has 1 atom stereocenters. The van der Waals surface area contributed by atoms with Gasteiger partial charge in [0, 0.05) is 24.1 Å². The Kier molecular flexibility index (Phi) is 5.04. The van der Waals surface area contributed by atoms with Crippen LogP contribution in [0.25, 0.3) is 0 Å². The average molecular weight is 354 g/mol. The summed E-state index contributed by atoms with van der Waals surface area (Å²) >= 11 is 1.33. The van der Waals surface area contributed by atoms with Crippen molar-refractivity contribution in [1.29, 1.82) is 0 Å². The van der Waals surface area contributed by atoms with Gasteiger partial charge in [-0.05, 0) is 12.5 Å². The number of aromatic nitrogens is 3. The lowest BCUT2D eigenvalue weighted by molar-refractivity contribution is 0.0980. The van der Waals surface area contributed by atoms with Crippen LogP contribution in [-0.2, 0) is 0 Å². The second-order valence-electron chi connectivity index (χ2n) is 5.51. The van der Waals surface area contributed by atoms with Crippen LogP contribution in [0.4, 0.5) is 5.13 Å². The molecule has 0 saturated carbocycles. The Balaban J connectivity index is 1.99. The number of rotatable bonds is 6. The Bertz CT molecular complexity index is 872. The van der Waals surface area contributed by atoms with Gasteiger partial charge in [0.2, 0.25) is 0 Å². The van der Waals surface area contributed by atoms with Crippen LogP contribution in [0.3, 0.4) is 0 Å². The number of thiazole rings is 1. The molecule has 128 valence electrons. The van der Waals surface area contributed by atoms with E-state index < -0.39 is 0 Å². The minimum atomic E-state index is -0.333. The van der Waals surface area contributed by atoms with Crippen molar-refractivity contribution in [3.05, 3.63) is 64.9 Å². The first-order valence-corrected chi connectivity index (χ1v) is 8.86. The summed E-state index contributed by atoms with van der Waals surface area (Å²) in [6.07, 6.45) is 1.96. The number of benzene rings is 1. The summed E-state index contributed by atoms with van der Waals surface area (Å²) in [5, 5.41) is 9.44. The molecule has 1 aromatic carbocycles. The second kappa shape index (κ2) is 7.40. The van der Waals surface area contributed by atoms with Crippen LogP contribution >= 0.6 is 11.3 Å². The van der Waals surface area contributed by atoms with Gasteiger partial charge in [-0.3, -0.25) is 19.6 Å². The van der Waals surface area contributed by atoms with E-state index >= 15 is 0 Å². The third-order valence-corrected chi connectivity index (χ3v) is 4.57. The molecule has 0 fully saturated rings. The Morgan fingerprint density at radius 2 is 2.04 bits per heavy atom. The molecule has 0 aliphatic rings. The number of carbonyl (C=O) groups is 2. The summed E-state index contributed by atoms with van der Waals surface area (Å²) in [6, 6.07) is 11.1. The molecule has 0 unspecified atom stereocenters. The Hall–Kier alpha value is -2.80. The molecule has 1 amide bonds. The van der Waals surface area contributed by atoms with Crippen LogP contribution in [0.5, 0.6) is 0 Å². The highest BCUT2D eigenvalue weighted by molar-refractivity contribution is 7.13. The number of nitrogens with zero attached hydrogens (tertiary/aromatic N) is 3. The van der Waals surface area contributed by atoms with Crippen LogP contribution in [-0.4, -0.2) is 26.5 Å². The van der Waals surface area contributed by atoms with E-state index in [1.165, 1.54) is 11.3 Å². The van der Waals surface area contributed by atoms with Crippen LogP contribution < -0.4 is 5.32 Å². The first kappa shape index (κ1) is 17.0. The van der Waals surface area contributed by atoms with Gasteiger partial charge in [-0.15, -0.1) is 11.3 Å². The quantitative estimate of drug-likeness (QED) is 0.683. The summed E-state index contributed by atoms with van der Waals surface area (Å²) in [5.41, 5.74) is 1.64. The van der Waals surface area contributed by atoms with Crippen molar-refractivity contribution < 1.29 is 9.59 Å². The van der Waals surface area contributed by atoms with Crippen LogP contribution in [0.2, 0.25) is 0 Å². The van der Waals surface area contributed by atoms with Crippen LogP contribution in [0.1, 0.15) is 52.9 Å². The molecule has 2 heterocycles. The van der Waals surface area contributed by atoms with E-state index in [0.29, 0.717) is 22.9 Å². The zero-order valence-corrected chi connectivity index (χ0v) is 14.8. The van der Waals surface area contributed by atoms with E-state index in [1.807, 2.05) is 37.3 Å². The Labute approximate surface area is 149 Å². The lowest BCUT2D eigenvalue weighted by Gasteiger charge is -2.15. The number of anilines is 1. The van der Waals surface area contributed by atoms with Crippen molar-refractivity contribution in [2.75, 3.05) is 5.32 Å². The number of nitrogens with one attached hydrogen (secondary N) is 1. The van der Waals surface area contributed by atoms with E-state index in [2.05, 4.69) is 15.4 Å². The predicted octanol–water partition coefficient (Wildman–Crippen LogP) is 3.79. The maximum absolute atomic E-state index is 12.7. The third-order valence-electron chi connectivity index (χ3n) is 3.88. The predicted molar refractivity (Wildman–Crippen MR) is 97.2 cm³/mol. The fourth-order valence-electron chi connectivity index (χ4n) is 2.50. The summed E-state index contributed by atoms with van der Waals surface area (Å²) in [7, 11) is 0. The average Bonchev–Trinajstić information content (AvgIpc) is 3.30. The SMILES string of the molecule is CCC(=O)c1cc(C(=O)Nc2nccs2)n([C@@H](C)c2ccccc2)n1. The molecule has 25 heavy (non-hydrogen) atoms. The number of hydrogen-bond donors (Lipinski definition) is 1. The monoisotopic (exact) mass is 354 g/mol. The minimum absolute atomic E-state index is 0.0951. The standard InChI is InChI=1S/C18H18N4O2S/c1-3-16(23)14-11-15(17(24)20-18-19-9-10-25-18)22(21-14)12(2)13-7-5-4-6-8-13/h4-12H,3H2,1-2H3,(H,19,20,24)/t12-/m0/s1. The summed E-state index contributed by atoms with van der Waals surface area (Å²) in [6.45, 7) is 3.72. The number of amides is 1. The topological polar surface area (TPSA) is 76.9 Å². The number of Topliss-reactive ketones (excluding diaryl/α,β-unsaturated/α-hetero) is 1. The van der Waals surface area contributed by atoms with Gasteiger partial charge < -0.3 is 0 Å². The number of hydrogen-bond acceptors (Lipinski definition) is 5. The Morgan fingerprint density at radius 3 is 2.68 bits per heavy atom. The van der Waals surface area contributed by atoms with Gasteiger partial charge in [0.25, 0.3) is 5.91 Å². The molecule has 0 spiro atoms. The van der Waals surface area contributed by atoms with Crippen molar-refractivity contribution in [3.63, 3.8) is 0 Å². The molecule has 0 bridgehead atoms. The van der Waals surface area contributed by atoms with Gasteiger partial charge in [0.1, 0.15) is 11.4 Å². The van der Waals surface area contributed by atoms with Gasteiger partial charge in [-0.1, -0.05) is 37.3 Å². The molecule has 3 rings (SSSR count). The van der Waals surface area contributed by atoms with E-state index in [4.69, 9.17) is 0 Å². The largest absolute Gasteiger partial charge is 0.297 e. The highest BCUT2D eigenvalue weighted by Crippen LogP contribution is 2.22. The van der Waals surface area contributed by atoms with Crippen molar-refractivity contribution in [3.8, 4) is 0 Å². The second-order valence-corrected chi connectivity index (χ2v) is 6.41. The maximum atomic E-state index is 12.7. The minimum Gasteiger partial charge on any atom is -0.297 e. The summed E-state index contributed by atoms with van der Waals surface area (Å²) in [5.74, 6) is -0.428. The van der Waals surface area contributed by atoms with Crippen molar-refractivity contribution in [2.24, 2.45) is 0 Å². The fourth-order valence-corrected chi connectivity index (χ4v) is 3.02. The molecular formula is C18H18N4O2S. The zero-order valence-electron chi connectivity index (χ0n) is 14.0. The number of ketones is 1. The highest BCUT2D eigenvalue weighted by Gasteiger charge is 2.22. The first-order valence-electron chi connectivity index (χ1n) is 7.98. The van der Waals surface area contributed by atoms with Crippen molar-refractivity contribution in [2.45, 2.75) is 26.3 Å². The van der Waals surface area contributed by atoms with Gasteiger partial charge in [0.15, 0.2) is 10.9 Å². The van der Waals surface area contributed by atoms with Crippen LogP contribution in [0, 0.1) is 0 Å². The van der Waals surface area contributed by atoms with E-state index in [-0.39, 0.29) is 17.7 Å². The van der Waals surface area contributed by atoms with Crippen molar-refractivity contribution in [1.82, 2.24) is 14.8 Å². The third kappa shape index (κ3) is 3.66. The molecule has 0 radical (unpaired) electrons. The van der Waals surface area contributed by atoms with E-state index in [1.54, 1.807) is 29.2 Å². The molecule has 6 nitrogen and oxygen atoms in total. The zero-order chi connectivity index (χ0) is 17.8. The lowest BCUT2D eigenvalue weighted by Crippen LogP contribution is -2.20. The fraction of sp³-hybridized carbons (Fsp3) is 0.222. The van der Waals surface area contributed by atoms with E-state index in [0.717, 1.165) is 5.56 Å². The van der Waals surface area contributed by atoms with Gasteiger partial charge >= 0.3 is 0 Å². The summed E-state index contributed by atoms with van der Waals surface area (Å²) < 4.78 is 1.60. The van der Waals surface area contributed by atoms with Crippen LogP contribution in [0.15, 0.2) is 48.0 Å². The molecule has 7 heteroatoms. The van der Waals surface area contributed by atoms with Crippen molar-refractivity contribution >= 4 is 28.2 Å². The molecule has 2 aromatic heterocycles. The summed E-state index contributed by atoms with van der Waals surface area (Å²) in [4.78, 5) is 28.8. The van der Waals surface area contributed by atoms with Gasteiger partial charge in [-0.2, -0.15) is 5.10 Å². The maximum Gasteiger partial charge on any atom is 0.275 e. The van der Waals surface area contributed by atoms with Gasteiger partial charge in [0.05, 0.1) is 6.04 Å². The Morgan fingerprint density at radius 1 is 1.28 bits per heavy atom. The van der Waals surface area contributed by atoms with E-state index in [9.17, 15) is 9.59 Å². The molecule has 3 aromatic rings. The lowest BCUT2D eigenvalue weighted by atomic mass is 10.1. The molecule has 1 N–H and O–H groups in total. The van der Waals surface area contributed by atoms with Gasteiger partial charge in [-0.25, -0.2) is 4.98 Å². The molecule has 0 saturated heterocycles. The molecule has 0 aliphatic heterocycles.